The molecule has 4 nitrogen and oxygen atoms in total. The summed E-state index contributed by atoms with van der Waals surface area (Å²) in [7, 11) is 1.66. The van der Waals surface area contributed by atoms with Crippen LogP contribution in [0.2, 0.25) is 10.0 Å². The highest BCUT2D eigenvalue weighted by atomic mass is 35.5. The van der Waals surface area contributed by atoms with E-state index < -0.39 is 5.41 Å². The molecule has 3 aromatic rings. The van der Waals surface area contributed by atoms with Crippen LogP contribution in [0.1, 0.15) is 74.6 Å². The normalized spacial score (nSPS) is 20.8. The van der Waals surface area contributed by atoms with Crippen molar-refractivity contribution < 1.29 is 14.3 Å². The average Bonchev–Trinajstić information content (AvgIpc) is 2.99. The van der Waals surface area contributed by atoms with E-state index in [1.165, 1.54) is 0 Å². The van der Waals surface area contributed by atoms with Gasteiger partial charge in [0.25, 0.3) is 0 Å². The lowest BCUT2D eigenvalue weighted by molar-refractivity contribution is -0.158. The molecule has 0 bridgehead atoms. The van der Waals surface area contributed by atoms with Crippen molar-refractivity contribution in [1.29, 1.82) is 0 Å². The summed E-state index contributed by atoms with van der Waals surface area (Å²) >= 11 is 12.8. The van der Waals surface area contributed by atoms with Crippen molar-refractivity contribution in [2.24, 2.45) is 5.41 Å². The Labute approximate surface area is 255 Å². The van der Waals surface area contributed by atoms with Crippen LogP contribution in [0.25, 0.3) is 0 Å². The molecule has 0 N–H and O–H groups in total. The van der Waals surface area contributed by atoms with Gasteiger partial charge in [-0.2, -0.15) is 0 Å². The Morgan fingerprint density at radius 3 is 2.32 bits per heavy atom. The SMILES string of the molecule is C=CC[C@]1(CCOCc2ccc(OC)cc2)C[C@H](c2cccc(Cl)c2)[C@@H](c2ccc(Cl)cc2)N(C(CC)CC)C1=O. The highest BCUT2D eigenvalue weighted by Crippen LogP contribution is 2.54. The molecule has 1 saturated heterocycles. The number of likely N-dealkylation sites (tertiary alicyclic amines) is 1. The van der Waals surface area contributed by atoms with E-state index in [0.717, 1.165) is 35.3 Å². The molecule has 1 amide bonds. The molecule has 1 fully saturated rings. The predicted octanol–water partition coefficient (Wildman–Crippen LogP) is 9.42. The molecule has 3 aromatic carbocycles. The van der Waals surface area contributed by atoms with Crippen molar-refractivity contribution in [3.63, 3.8) is 0 Å². The first kappa shape index (κ1) is 31.2. The van der Waals surface area contributed by atoms with Crippen LogP contribution in [0.3, 0.4) is 0 Å². The van der Waals surface area contributed by atoms with Gasteiger partial charge in [0.15, 0.2) is 0 Å². The molecule has 4 rings (SSSR count). The molecule has 0 saturated carbocycles. The summed E-state index contributed by atoms with van der Waals surface area (Å²) in [6.07, 6.45) is 5.49. The molecule has 0 aliphatic carbocycles. The summed E-state index contributed by atoms with van der Waals surface area (Å²) < 4.78 is 11.4. The Kier molecular flexibility index (Phi) is 10.9. The van der Waals surface area contributed by atoms with Crippen molar-refractivity contribution in [3.8, 4) is 5.75 Å². The summed E-state index contributed by atoms with van der Waals surface area (Å²) in [4.78, 5) is 17.0. The highest BCUT2D eigenvalue weighted by Gasteiger charge is 2.52. The van der Waals surface area contributed by atoms with E-state index in [2.05, 4.69) is 49.6 Å². The lowest BCUT2D eigenvalue weighted by Crippen LogP contribution is -2.56. The lowest BCUT2D eigenvalue weighted by Gasteiger charge is -2.53. The number of rotatable bonds is 13. The molecule has 6 heteroatoms. The molecule has 1 aliphatic heterocycles. The van der Waals surface area contributed by atoms with Gasteiger partial charge in [-0.3, -0.25) is 4.79 Å². The van der Waals surface area contributed by atoms with Crippen LogP contribution in [0.15, 0.2) is 85.5 Å². The Bertz CT molecular complexity index is 1290. The topological polar surface area (TPSA) is 38.8 Å². The number of ether oxygens (including phenoxy) is 2. The maximum Gasteiger partial charge on any atom is 0.229 e. The van der Waals surface area contributed by atoms with Gasteiger partial charge in [0.1, 0.15) is 5.75 Å². The molecular formula is C35H41Cl2NO3. The Balaban J connectivity index is 1.71. The zero-order valence-electron chi connectivity index (χ0n) is 24.3. The number of hydrogen-bond acceptors (Lipinski definition) is 3. The first-order chi connectivity index (χ1) is 19.9. The maximum atomic E-state index is 14.8. The number of methoxy groups -OCH3 is 1. The van der Waals surface area contributed by atoms with E-state index in [4.69, 9.17) is 32.7 Å². The number of benzene rings is 3. The molecular weight excluding hydrogens is 553 g/mol. The molecule has 41 heavy (non-hydrogen) atoms. The van der Waals surface area contributed by atoms with Crippen molar-refractivity contribution in [3.05, 3.63) is 112 Å². The van der Waals surface area contributed by atoms with E-state index >= 15 is 0 Å². The fourth-order valence-corrected chi connectivity index (χ4v) is 6.64. The number of halogens is 2. The van der Waals surface area contributed by atoms with Crippen molar-refractivity contribution >= 4 is 29.1 Å². The number of piperidine rings is 1. The van der Waals surface area contributed by atoms with E-state index in [0.29, 0.717) is 42.5 Å². The van der Waals surface area contributed by atoms with Gasteiger partial charge < -0.3 is 14.4 Å². The van der Waals surface area contributed by atoms with Crippen molar-refractivity contribution in [2.45, 2.75) is 70.6 Å². The Morgan fingerprint density at radius 1 is 1.00 bits per heavy atom. The third-order valence-electron chi connectivity index (χ3n) is 8.49. The van der Waals surface area contributed by atoms with Crippen LogP contribution in [0.5, 0.6) is 5.75 Å². The van der Waals surface area contributed by atoms with Crippen LogP contribution >= 0.6 is 23.2 Å². The fraction of sp³-hybridized carbons (Fsp3) is 0.400. The van der Waals surface area contributed by atoms with Gasteiger partial charge >= 0.3 is 0 Å². The summed E-state index contributed by atoms with van der Waals surface area (Å²) in [5.74, 6) is 1.03. The number of carbonyl (C=O) groups excluding carboxylic acids is 1. The van der Waals surface area contributed by atoms with Crippen LogP contribution in [0.4, 0.5) is 0 Å². The summed E-state index contributed by atoms with van der Waals surface area (Å²) in [6, 6.07) is 23.9. The second-order valence-corrected chi connectivity index (χ2v) is 11.8. The summed E-state index contributed by atoms with van der Waals surface area (Å²) in [6.45, 7) is 9.35. The summed E-state index contributed by atoms with van der Waals surface area (Å²) in [5.41, 5.74) is 2.65. The third-order valence-corrected chi connectivity index (χ3v) is 8.98. The van der Waals surface area contributed by atoms with Crippen LogP contribution in [-0.2, 0) is 16.1 Å². The molecule has 1 heterocycles. The molecule has 218 valence electrons. The number of nitrogens with zero attached hydrogens (tertiary/aromatic N) is 1. The highest BCUT2D eigenvalue weighted by molar-refractivity contribution is 6.30. The van der Waals surface area contributed by atoms with Gasteiger partial charge in [-0.15, -0.1) is 6.58 Å². The first-order valence-electron chi connectivity index (χ1n) is 14.5. The zero-order valence-corrected chi connectivity index (χ0v) is 25.8. The van der Waals surface area contributed by atoms with E-state index in [9.17, 15) is 4.79 Å². The largest absolute Gasteiger partial charge is 0.497 e. The number of hydrogen-bond donors (Lipinski definition) is 0. The minimum absolute atomic E-state index is 0.0368. The predicted molar refractivity (Wildman–Crippen MR) is 169 cm³/mol. The quantitative estimate of drug-likeness (QED) is 0.146. The van der Waals surface area contributed by atoms with Gasteiger partial charge in [-0.05, 0) is 85.2 Å². The summed E-state index contributed by atoms with van der Waals surface area (Å²) in [5, 5.41) is 1.37. The minimum Gasteiger partial charge on any atom is -0.497 e. The second kappa shape index (κ2) is 14.4. The molecule has 1 aliphatic rings. The monoisotopic (exact) mass is 593 g/mol. The first-order valence-corrected chi connectivity index (χ1v) is 15.3. The standard InChI is InChI=1S/C35H41Cl2NO3/c1-5-19-35(20-21-41-24-25-11-17-31(40-4)18-12-25)23-32(27-9-8-10-29(37)22-27)33(26-13-15-28(36)16-14-26)38(34(35)39)30(6-2)7-3/h5,8-18,22,30,32-33H,1,6-7,19-21,23-24H2,2-4H3/t32-,33-,35+/m1/s1. The van der Waals surface area contributed by atoms with Crippen molar-refractivity contribution in [2.75, 3.05) is 13.7 Å². The minimum atomic E-state index is -0.639. The smallest absolute Gasteiger partial charge is 0.229 e. The number of carbonyl (C=O) groups is 1. The second-order valence-electron chi connectivity index (χ2n) is 11.0. The van der Waals surface area contributed by atoms with E-state index in [1.54, 1.807) is 7.11 Å². The third kappa shape index (κ3) is 7.17. The van der Waals surface area contributed by atoms with Gasteiger partial charge in [0.2, 0.25) is 5.91 Å². The molecule has 3 atom stereocenters. The molecule has 0 aromatic heterocycles. The van der Waals surface area contributed by atoms with Gasteiger partial charge in [-0.25, -0.2) is 0 Å². The van der Waals surface area contributed by atoms with E-state index in [1.807, 2.05) is 54.6 Å². The van der Waals surface area contributed by atoms with Gasteiger partial charge in [-0.1, -0.05) is 79.5 Å². The van der Waals surface area contributed by atoms with Crippen LogP contribution in [0, 0.1) is 5.41 Å². The average molecular weight is 595 g/mol. The van der Waals surface area contributed by atoms with Gasteiger partial charge in [0.05, 0.1) is 25.2 Å². The molecule has 0 spiro atoms. The van der Waals surface area contributed by atoms with Crippen molar-refractivity contribution in [1.82, 2.24) is 4.90 Å². The molecule has 0 unspecified atom stereocenters. The van der Waals surface area contributed by atoms with E-state index in [-0.39, 0.29) is 23.9 Å². The number of allylic oxidation sites excluding steroid dienone is 1. The Hall–Kier alpha value is -2.79. The molecule has 0 radical (unpaired) electrons. The zero-order chi connectivity index (χ0) is 29.4. The fourth-order valence-electron chi connectivity index (χ4n) is 6.32. The number of amides is 1. The maximum absolute atomic E-state index is 14.8. The lowest BCUT2D eigenvalue weighted by atomic mass is 9.64. The van der Waals surface area contributed by atoms with Crippen LogP contribution in [-0.4, -0.2) is 30.6 Å². The Morgan fingerprint density at radius 2 is 1.71 bits per heavy atom. The van der Waals surface area contributed by atoms with Crippen LogP contribution < -0.4 is 4.74 Å². The van der Waals surface area contributed by atoms with Gasteiger partial charge in [0, 0.05) is 28.6 Å².